The molecule has 1 aliphatic heterocycles. The van der Waals surface area contributed by atoms with Crippen LogP contribution in [0.15, 0.2) is 24.3 Å². The standard InChI is InChI=1S/C20H30BrNO3/c1-14-7-9-16(10-8-14)13-24-22-19(3,4)11-17(12-20(22,5)6)25-18(23)15(2)21/h7-10,15,17H,11-13H2,1-6H3. The highest BCUT2D eigenvalue weighted by atomic mass is 79.9. The van der Waals surface area contributed by atoms with Gasteiger partial charge in [-0.25, -0.2) is 0 Å². The summed E-state index contributed by atoms with van der Waals surface area (Å²) >= 11 is 3.28. The van der Waals surface area contributed by atoms with Crippen molar-refractivity contribution >= 4 is 21.9 Å². The number of esters is 1. The van der Waals surface area contributed by atoms with Crippen molar-refractivity contribution in [2.75, 3.05) is 0 Å². The zero-order valence-electron chi connectivity index (χ0n) is 16.1. The summed E-state index contributed by atoms with van der Waals surface area (Å²) in [4.78, 5) is 17.9. The van der Waals surface area contributed by atoms with Crippen LogP contribution >= 0.6 is 15.9 Å². The van der Waals surface area contributed by atoms with Crippen molar-refractivity contribution in [2.45, 2.75) is 83.0 Å². The Morgan fingerprint density at radius 3 is 2.20 bits per heavy atom. The number of alkyl halides is 1. The summed E-state index contributed by atoms with van der Waals surface area (Å²) in [6, 6.07) is 8.40. The fourth-order valence-corrected chi connectivity index (χ4v) is 3.79. The molecule has 1 atom stereocenters. The van der Waals surface area contributed by atoms with Gasteiger partial charge in [0.15, 0.2) is 0 Å². The Kier molecular flexibility index (Phi) is 6.34. The topological polar surface area (TPSA) is 38.8 Å². The molecule has 4 nitrogen and oxygen atoms in total. The number of benzene rings is 1. The van der Waals surface area contributed by atoms with Gasteiger partial charge in [0.25, 0.3) is 0 Å². The van der Waals surface area contributed by atoms with E-state index in [0.717, 1.165) is 18.4 Å². The van der Waals surface area contributed by atoms with E-state index >= 15 is 0 Å². The van der Waals surface area contributed by atoms with Gasteiger partial charge in [-0.15, -0.1) is 0 Å². The second kappa shape index (κ2) is 7.77. The zero-order valence-corrected chi connectivity index (χ0v) is 17.7. The number of ether oxygens (including phenoxy) is 1. The predicted molar refractivity (Wildman–Crippen MR) is 103 cm³/mol. The third-order valence-electron chi connectivity index (χ3n) is 4.64. The maximum absolute atomic E-state index is 11.9. The summed E-state index contributed by atoms with van der Waals surface area (Å²) in [5.74, 6) is -0.203. The van der Waals surface area contributed by atoms with E-state index in [1.165, 1.54) is 5.56 Å². The highest BCUT2D eigenvalue weighted by Crippen LogP contribution is 2.40. The van der Waals surface area contributed by atoms with Gasteiger partial charge in [0.2, 0.25) is 0 Å². The molecular weight excluding hydrogens is 382 g/mol. The smallest absolute Gasteiger partial charge is 0.319 e. The first-order valence-electron chi connectivity index (χ1n) is 8.85. The van der Waals surface area contributed by atoms with Crippen LogP contribution in [0.1, 0.15) is 58.6 Å². The second-order valence-electron chi connectivity index (χ2n) is 8.26. The maximum atomic E-state index is 11.9. The normalized spacial score (nSPS) is 21.7. The monoisotopic (exact) mass is 411 g/mol. The maximum Gasteiger partial charge on any atom is 0.319 e. The Morgan fingerprint density at radius 2 is 1.72 bits per heavy atom. The largest absolute Gasteiger partial charge is 0.461 e. The molecule has 1 aromatic rings. The Balaban J connectivity index is 2.06. The zero-order chi connectivity index (χ0) is 18.8. The number of carbonyl (C=O) groups excluding carboxylic acids is 1. The number of hydrogen-bond acceptors (Lipinski definition) is 4. The highest BCUT2D eigenvalue weighted by molar-refractivity contribution is 9.10. The number of halogens is 1. The van der Waals surface area contributed by atoms with Gasteiger partial charge >= 0.3 is 5.97 Å². The van der Waals surface area contributed by atoms with Crippen molar-refractivity contribution in [3.63, 3.8) is 0 Å². The summed E-state index contributed by atoms with van der Waals surface area (Å²) in [5.41, 5.74) is 1.94. The average Bonchev–Trinajstić information content (AvgIpc) is 2.46. The molecule has 0 aliphatic carbocycles. The number of hydrogen-bond donors (Lipinski definition) is 0. The van der Waals surface area contributed by atoms with Gasteiger partial charge in [-0.3, -0.25) is 9.63 Å². The van der Waals surface area contributed by atoms with E-state index in [9.17, 15) is 4.79 Å². The van der Waals surface area contributed by atoms with Crippen LogP contribution in [0.5, 0.6) is 0 Å². The Morgan fingerprint density at radius 1 is 1.20 bits per heavy atom. The molecule has 0 spiro atoms. The van der Waals surface area contributed by atoms with Crippen molar-refractivity contribution < 1.29 is 14.4 Å². The molecular formula is C20H30BrNO3. The number of nitrogens with zero attached hydrogens (tertiary/aromatic N) is 1. The Labute approximate surface area is 160 Å². The fourth-order valence-electron chi connectivity index (χ4n) is 3.69. The molecule has 0 amide bonds. The number of piperidine rings is 1. The molecule has 2 rings (SSSR count). The van der Waals surface area contributed by atoms with E-state index in [2.05, 4.69) is 79.9 Å². The van der Waals surface area contributed by atoms with Crippen LogP contribution in [-0.2, 0) is 21.0 Å². The molecule has 0 bridgehead atoms. The van der Waals surface area contributed by atoms with Crippen molar-refractivity contribution in [1.29, 1.82) is 0 Å². The molecule has 1 unspecified atom stereocenters. The number of aryl methyl sites for hydroxylation is 1. The molecule has 1 heterocycles. The van der Waals surface area contributed by atoms with Crippen LogP contribution < -0.4 is 0 Å². The molecule has 5 heteroatoms. The lowest BCUT2D eigenvalue weighted by molar-refractivity contribution is -0.299. The fraction of sp³-hybridized carbons (Fsp3) is 0.650. The quantitative estimate of drug-likeness (QED) is 0.516. The van der Waals surface area contributed by atoms with Crippen LogP contribution in [0.25, 0.3) is 0 Å². The minimum absolute atomic E-state index is 0.100. The lowest BCUT2D eigenvalue weighted by Gasteiger charge is -2.53. The van der Waals surface area contributed by atoms with Gasteiger partial charge in [0.1, 0.15) is 10.9 Å². The van der Waals surface area contributed by atoms with Crippen molar-refractivity contribution in [2.24, 2.45) is 0 Å². The number of hydroxylamine groups is 2. The first-order chi connectivity index (χ1) is 11.5. The van der Waals surface area contributed by atoms with E-state index in [1.807, 2.05) is 0 Å². The van der Waals surface area contributed by atoms with E-state index in [0.29, 0.717) is 6.61 Å². The van der Waals surface area contributed by atoms with E-state index < -0.39 is 0 Å². The van der Waals surface area contributed by atoms with Crippen LogP contribution in [0, 0.1) is 6.92 Å². The molecule has 1 aliphatic rings. The van der Waals surface area contributed by atoms with Gasteiger partial charge in [0, 0.05) is 23.9 Å². The summed E-state index contributed by atoms with van der Waals surface area (Å²) in [6.07, 6.45) is 1.39. The molecule has 0 radical (unpaired) electrons. The lowest BCUT2D eigenvalue weighted by Crippen LogP contribution is -2.62. The molecule has 0 saturated carbocycles. The van der Waals surface area contributed by atoms with Gasteiger partial charge in [-0.05, 0) is 47.1 Å². The third-order valence-corrected chi connectivity index (χ3v) is 5.02. The van der Waals surface area contributed by atoms with Crippen molar-refractivity contribution in [1.82, 2.24) is 5.06 Å². The molecule has 1 saturated heterocycles. The van der Waals surface area contributed by atoms with E-state index in [1.54, 1.807) is 6.92 Å². The summed E-state index contributed by atoms with van der Waals surface area (Å²) < 4.78 is 5.68. The van der Waals surface area contributed by atoms with Crippen LogP contribution in [0.3, 0.4) is 0 Å². The van der Waals surface area contributed by atoms with Gasteiger partial charge < -0.3 is 4.74 Å². The van der Waals surface area contributed by atoms with Gasteiger partial charge in [-0.1, -0.05) is 45.8 Å². The molecule has 0 aromatic heterocycles. The minimum atomic E-state index is -0.283. The van der Waals surface area contributed by atoms with Crippen LogP contribution in [0.4, 0.5) is 0 Å². The van der Waals surface area contributed by atoms with E-state index in [4.69, 9.17) is 9.57 Å². The van der Waals surface area contributed by atoms with Crippen molar-refractivity contribution in [3.05, 3.63) is 35.4 Å². The molecule has 25 heavy (non-hydrogen) atoms. The SMILES string of the molecule is Cc1ccc(CON2C(C)(C)CC(OC(=O)C(C)Br)CC2(C)C)cc1. The average molecular weight is 412 g/mol. The number of rotatable bonds is 5. The summed E-state index contributed by atoms with van der Waals surface area (Å²) in [7, 11) is 0. The summed E-state index contributed by atoms with van der Waals surface area (Å²) in [6.45, 7) is 13.0. The predicted octanol–water partition coefficient (Wildman–Crippen LogP) is 4.77. The molecule has 1 aromatic carbocycles. The third kappa shape index (κ3) is 5.28. The van der Waals surface area contributed by atoms with Crippen LogP contribution in [0.2, 0.25) is 0 Å². The first-order valence-corrected chi connectivity index (χ1v) is 9.76. The Hall–Kier alpha value is -0.910. The van der Waals surface area contributed by atoms with Crippen molar-refractivity contribution in [3.8, 4) is 0 Å². The van der Waals surface area contributed by atoms with Gasteiger partial charge in [-0.2, -0.15) is 5.06 Å². The Bertz CT molecular complexity index is 577. The van der Waals surface area contributed by atoms with E-state index in [-0.39, 0.29) is 28.0 Å². The highest BCUT2D eigenvalue weighted by Gasteiger charge is 2.48. The second-order valence-corrected chi connectivity index (χ2v) is 9.63. The molecule has 1 fully saturated rings. The molecule has 140 valence electrons. The minimum Gasteiger partial charge on any atom is -0.461 e. The lowest BCUT2D eigenvalue weighted by atomic mass is 9.80. The molecule has 0 N–H and O–H groups in total. The van der Waals surface area contributed by atoms with Gasteiger partial charge in [0.05, 0.1) is 6.61 Å². The van der Waals surface area contributed by atoms with Crippen LogP contribution in [-0.4, -0.2) is 33.0 Å². The number of carbonyl (C=O) groups is 1. The summed E-state index contributed by atoms with van der Waals surface area (Å²) in [5, 5.41) is 2.09. The first kappa shape index (κ1) is 20.4.